The first-order chi connectivity index (χ1) is 18.9. The lowest BCUT2D eigenvalue weighted by Gasteiger charge is -2.32. The summed E-state index contributed by atoms with van der Waals surface area (Å²) in [4.78, 5) is 42.0. The number of hydrogen-bond acceptors (Lipinski definition) is 4. The summed E-state index contributed by atoms with van der Waals surface area (Å²) in [7, 11) is 1.51. The number of benzene rings is 3. The van der Waals surface area contributed by atoms with Crippen LogP contribution in [0.2, 0.25) is 5.02 Å². The molecule has 8 heteroatoms. The monoisotopic (exact) mass is 559 g/mol. The molecule has 208 valence electrons. The molecule has 7 nitrogen and oxygen atoms in total. The molecule has 0 aliphatic heterocycles. The molecule has 40 heavy (non-hydrogen) atoms. The number of carbonyl (C=O) groups excluding carboxylic acids is 3. The van der Waals surface area contributed by atoms with Gasteiger partial charge in [0.2, 0.25) is 5.91 Å². The summed E-state index contributed by atoms with van der Waals surface area (Å²) in [5, 5.41) is 5.94. The van der Waals surface area contributed by atoms with E-state index in [1.807, 2.05) is 43.3 Å². The van der Waals surface area contributed by atoms with Gasteiger partial charge in [-0.15, -0.1) is 6.42 Å². The lowest BCUT2D eigenvalue weighted by molar-refractivity contribution is -0.139. The number of terminal acetylenes is 1. The molecule has 0 aromatic heterocycles. The van der Waals surface area contributed by atoms with Crippen LogP contribution in [0.1, 0.15) is 49.1 Å². The van der Waals surface area contributed by atoms with Crippen molar-refractivity contribution in [3.63, 3.8) is 0 Å². The molecule has 0 spiro atoms. The summed E-state index contributed by atoms with van der Waals surface area (Å²) < 4.78 is 5.43. The molecule has 0 saturated carbocycles. The van der Waals surface area contributed by atoms with Crippen LogP contribution in [0.3, 0.4) is 0 Å². The Morgan fingerprint density at radius 3 is 2.27 bits per heavy atom. The maximum absolute atomic E-state index is 14.1. The number of carbonyl (C=O) groups is 3. The Labute approximate surface area is 240 Å². The van der Waals surface area contributed by atoms with Crippen molar-refractivity contribution in [3.8, 4) is 12.3 Å². The molecule has 0 aliphatic rings. The fourth-order valence-corrected chi connectivity index (χ4v) is 4.52. The molecule has 2 unspecified atom stereocenters. The molecular formula is C32H34ClN3O4. The van der Waals surface area contributed by atoms with E-state index in [1.165, 1.54) is 11.9 Å². The van der Waals surface area contributed by atoms with Gasteiger partial charge in [-0.05, 0) is 56.5 Å². The second kappa shape index (κ2) is 13.2. The lowest BCUT2D eigenvalue weighted by atomic mass is 9.97. The number of para-hydroxylation sites is 1. The van der Waals surface area contributed by atoms with Crippen LogP contribution in [0.25, 0.3) is 0 Å². The van der Waals surface area contributed by atoms with Crippen LogP contribution in [0.4, 0.5) is 10.5 Å². The van der Waals surface area contributed by atoms with Gasteiger partial charge in [0.05, 0.1) is 10.7 Å². The van der Waals surface area contributed by atoms with Crippen LogP contribution >= 0.6 is 11.6 Å². The molecule has 0 aliphatic carbocycles. The zero-order valence-corrected chi connectivity index (χ0v) is 24.1. The van der Waals surface area contributed by atoms with Crippen molar-refractivity contribution in [2.24, 2.45) is 0 Å². The number of alkyl carbamates (subject to hydrolysis) is 1. The number of anilines is 1. The normalized spacial score (nSPS) is 12.4. The highest BCUT2D eigenvalue weighted by atomic mass is 35.5. The Balaban J connectivity index is 2.02. The number of ether oxygens (including phenoxy) is 1. The number of rotatable bonds is 8. The van der Waals surface area contributed by atoms with E-state index in [0.29, 0.717) is 21.8 Å². The Bertz CT molecular complexity index is 1390. The molecule has 2 N–H and O–H groups in total. The highest BCUT2D eigenvalue weighted by Gasteiger charge is 2.35. The topological polar surface area (TPSA) is 87.7 Å². The maximum Gasteiger partial charge on any atom is 0.408 e. The van der Waals surface area contributed by atoms with Gasteiger partial charge in [0.25, 0.3) is 5.91 Å². The van der Waals surface area contributed by atoms with Crippen molar-refractivity contribution in [1.82, 2.24) is 10.2 Å². The van der Waals surface area contributed by atoms with Crippen LogP contribution < -0.4 is 10.6 Å². The van der Waals surface area contributed by atoms with E-state index in [9.17, 15) is 14.4 Å². The highest BCUT2D eigenvalue weighted by Crippen LogP contribution is 2.30. The van der Waals surface area contributed by atoms with Crippen LogP contribution in [0.5, 0.6) is 0 Å². The van der Waals surface area contributed by atoms with Gasteiger partial charge >= 0.3 is 6.09 Å². The summed E-state index contributed by atoms with van der Waals surface area (Å²) in [6.07, 6.45) is 5.21. The molecule has 3 aromatic carbocycles. The van der Waals surface area contributed by atoms with E-state index in [2.05, 4.69) is 16.6 Å². The molecule has 0 saturated heterocycles. The number of nitrogens with one attached hydrogen (secondary N) is 2. The third-order valence-electron chi connectivity index (χ3n) is 6.14. The Hall–Kier alpha value is -4.28. The van der Waals surface area contributed by atoms with E-state index in [4.69, 9.17) is 22.8 Å². The second-order valence-corrected chi connectivity index (χ2v) is 10.8. The van der Waals surface area contributed by atoms with Gasteiger partial charge in [-0.1, -0.05) is 78.2 Å². The van der Waals surface area contributed by atoms with Crippen molar-refractivity contribution in [2.45, 2.75) is 51.8 Å². The van der Waals surface area contributed by atoms with Gasteiger partial charge in [-0.25, -0.2) is 4.79 Å². The smallest absolute Gasteiger partial charge is 0.408 e. The number of nitrogens with zero attached hydrogens (tertiary/aromatic N) is 1. The predicted molar refractivity (Wildman–Crippen MR) is 158 cm³/mol. The van der Waals surface area contributed by atoms with Crippen LogP contribution in [0.15, 0.2) is 72.8 Å². The Morgan fingerprint density at radius 2 is 1.65 bits per heavy atom. The van der Waals surface area contributed by atoms with E-state index >= 15 is 0 Å². The standard InChI is InChI=1S/C32H34ClN3O4/c1-7-23-17-11-12-18-24(23)28(29(37)35-27-21(2)14-13-19-25(27)33)36(6)30(38)26(20-22-15-9-8-10-16-22)34-31(39)40-32(3,4)5/h1,8-19,26,28H,20H2,2-6H3,(H,34,39)(H,35,37). The first-order valence-electron chi connectivity index (χ1n) is 12.8. The van der Waals surface area contributed by atoms with E-state index < -0.39 is 35.6 Å². The SMILES string of the molecule is C#Cc1ccccc1C(C(=O)Nc1c(C)cccc1Cl)N(C)C(=O)C(Cc1ccccc1)NC(=O)OC(C)(C)C. The molecule has 0 fully saturated rings. The van der Waals surface area contributed by atoms with Crippen molar-refractivity contribution >= 4 is 35.2 Å². The molecule has 0 heterocycles. The average Bonchev–Trinajstić information content (AvgIpc) is 2.90. The number of likely N-dealkylation sites (N-methyl/N-ethyl adjacent to an activating group) is 1. The minimum Gasteiger partial charge on any atom is -0.444 e. The number of hydrogen-bond donors (Lipinski definition) is 2. The van der Waals surface area contributed by atoms with Gasteiger partial charge in [0, 0.05) is 19.0 Å². The quantitative estimate of drug-likeness (QED) is 0.336. The third-order valence-corrected chi connectivity index (χ3v) is 6.45. The molecule has 3 amide bonds. The van der Waals surface area contributed by atoms with Crippen molar-refractivity contribution in [1.29, 1.82) is 0 Å². The van der Waals surface area contributed by atoms with E-state index in [1.54, 1.807) is 57.2 Å². The molecular weight excluding hydrogens is 526 g/mol. The van der Waals surface area contributed by atoms with Gasteiger partial charge in [0.15, 0.2) is 0 Å². The minimum atomic E-state index is -1.13. The first kappa shape index (κ1) is 30.3. The highest BCUT2D eigenvalue weighted by molar-refractivity contribution is 6.34. The van der Waals surface area contributed by atoms with Gasteiger partial charge in [0.1, 0.15) is 17.7 Å². The average molecular weight is 560 g/mol. The fourth-order valence-electron chi connectivity index (χ4n) is 4.25. The predicted octanol–water partition coefficient (Wildman–Crippen LogP) is 5.90. The minimum absolute atomic E-state index is 0.179. The van der Waals surface area contributed by atoms with Gasteiger partial charge in [-0.2, -0.15) is 0 Å². The summed E-state index contributed by atoms with van der Waals surface area (Å²) >= 11 is 6.39. The molecule has 3 aromatic rings. The fraction of sp³-hybridized carbons (Fsp3) is 0.281. The number of amides is 3. The van der Waals surface area contributed by atoms with Crippen LogP contribution in [0, 0.1) is 19.3 Å². The molecule has 0 bridgehead atoms. The van der Waals surface area contributed by atoms with Crippen LogP contribution in [-0.4, -0.2) is 41.5 Å². The first-order valence-corrected chi connectivity index (χ1v) is 13.2. The second-order valence-electron chi connectivity index (χ2n) is 10.4. The Morgan fingerprint density at radius 1 is 1.00 bits per heavy atom. The summed E-state index contributed by atoms with van der Waals surface area (Å²) in [5.74, 6) is 1.59. The number of halogens is 1. The van der Waals surface area contributed by atoms with Gasteiger partial charge in [-0.3, -0.25) is 9.59 Å². The van der Waals surface area contributed by atoms with Crippen molar-refractivity contribution in [3.05, 3.63) is 100 Å². The van der Waals surface area contributed by atoms with E-state index in [0.717, 1.165) is 11.1 Å². The summed E-state index contributed by atoms with van der Waals surface area (Å²) in [6, 6.07) is 19.3. The number of aryl methyl sites for hydroxylation is 1. The Kier molecular flexibility index (Phi) is 9.98. The zero-order chi connectivity index (χ0) is 29.4. The maximum atomic E-state index is 14.1. The van der Waals surface area contributed by atoms with Crippen molar-refractivity contribution < 1.29 is 19.1 Å². The third kappa shape index (κ3) is 7.87. The van der Waals surface area contributed by atoms with Gasteiger partial charge < -0.3 is 20.3 Å². The summed E-state index contributed by atoms with van der Waals surface area (Å²) in [5.41, 5.74) is 2.16. The zero-order valence-electron chi connectivity index (χ0n) is 23.3. The molecule has 2 atom stereocenters. The van der Waals surface area contributed by atoms with E-state index in [-0.39, 0.29) is 6.42 Å². The van der Waals surface area contributed by atoms with Crippen LogP contribution in [-0.2, 0) is 20.7 Å². The molecule has 3 rings (SSSR count). The lowest BCUT2D eigenvalue weighted by Crippen LogP contribution is -2.52. The largest absolute Gasteiger partial charge is 0.444 e. The van der Waals surface area contributed by atoms with Crippen molar-refractivity contribution in [2.75, 3.05) is 12.4 Å². The summed E-state index contributed by atoms with van der Waals surface area (Å²) in [6.45, 7) is 7.03. The molecule has 0 radical (unpaired) electrons.